The number of rotatable bonds is 3. The van der Waals surface area contributed by atoms with Crippen LogP contribution in [0.5, 0.6) is 0 Å². The van der Waals surface area contributed by atoms with Gasteiger partial charge in [0.25, 0.3) is 11.8 Å². The molecule has 3 heterocycles. The largest absolute Gasteiger partial charge is 0.346 e. The predicted octanol–water partition coefficient (Wildman–Crippen LogP) is 3.79. The maximum absolute atomic E-state index is 13.3. The van der Waals surface area contributed by atoms with Gasteiger partial charge in [0.2, 0.25) is 5.43 Å². The molecule has 0 bridgehead atoms. The summed E-state index contributed by atoms with van der Waals surface area (Å²) in [7, 11) is 3.40. The van der Waals surface area contributed by atoms with E-state index >= 15 is 0 Å². The van der Waals surface area contributed by atoms with Crippen LogP contribution in [0.1, 0.15) is 63.3 Å². The zero-order valence-corrected chi connectivity index (χ0v) is 20.3. The molecule has 2 N–H and O–H groups in total. The number of hydrogen-bond donors (Lipinski definition) is 2. The molecule has 9 heteroatoms. The Hall–Kier alpha value is -3.33. The lowest BCUT2D eigenvalue weighted by Gasteiger charge is -2.41. The van der Waals surface area contributed by atoms with Crippen molar-refractivity contribution in [3.63, 3.8) is 0 Å². The van der Waals surface area contributed by atoms with E-state index < -0.39 is 0 Å². The van der Waals surface area contributed by atoms with Crippen molar-refractivity contribution in [1.82, 2.24) is 20.2 Å². The number of amides is 2. The summed E-state index contributed by atoms with van der Waals surface area (Å²) in [6.45, 7) is 1.86. The molecule has 1 aliphatic carbocycles. The summed E-state index contributed by atoms with van der Waals surface area (Å²) in [6, 6.07) is 5.06. The molecule has 5 rings (SSSR count). The lowest BCUT2D eigenvalue weighted by Crippen LogP contribution is -2.54. The second-order valence-corrected chi connectivity index (χ2v) is 10.5. The first-order valence-electron chi connectivity index (χ1n) is 11.5. The van der Waals surface area contributed by atoms with Crippen LogP contribution in [0.15, 0.2) is 29.3 Å². The quantitative estimate of drug-likeness (QED) is 0.595. The molecule has 1 aliphatic heterocycles. The topological polar surface area (TPSA) is 104 Å². The Balaban J connectivity index is 1.55. The maximum Gasteiger partial charge on any atom is 0.263 e. The zero-order valence-electron chi connectivity index (χ0n) is 19.5. The Bertz CT molecular complexity index is 1370. The third kappa shape index (κ3) is 3.94. The molecular formula is C25H27N5O3S. The second-order valence-electron chi connectivity index (χ2n) is 9.50. The minimum absolute atomic E-state index is 0.101. The molecule has 3 aromatic rings. The van der Waals surface area contributed by atoms with Crippen molar-refractivity contribution in [1.29, 1.82) is 0 Å². The highest BCUT2D eigenvalue weighted by Crippen LogP contribution is 2.36. The van der Waals surface area contributed by atoms with Gasteiger partial charge in [-0.1, -0.05) is 19.3 Å². The van der Waals surface area contributed by atoms with Crippen molar-refractivity contribution in [2.45, 2.75) is 51.0 Å². The molecule has 1 spiro atoms. The summed E-state index contributed by atoms with van der Waals surface area (Å²) < 4.78 is 0. The number of aryl methyl sites for hydroxylation is 1. The van der Waals surface area contributed by atoms with Gasteiger partial charge in [0.1, 0.15) is 17.0 Å². The highest BCUT2D eigenvalue weighted by Gasteiger charge is 2.39. The average molecular weight is 478 g/mol. The second kappa shape index (κ2) is 8.47. The fourth-order valence-corrected chi connectivity index (χ4v) is 6.15. The van der Waals surface area contributed by atoms with E-state index in [4.69, 9.17) is 0 Å². The van der Waals surface area contributed by atoms with Gasteiger partial charge in [0, 0.05) is 25.2 Å². The van der Waals surface area contributed by atoms with Crippen molar-refractivity contribution in [3.8, 4) is 0 Å². The van der Waals surface area contributed by atoms with Crippen LogP contribution in [-0.2, 0) is 6.42 Å². The molecule has 34 heavy (non-hydrogen) atoms. The zero-order chi connectivity index (χ0) is 24.0. The van der Waals surface area contributed by atoms with Crippen LogP contribution >= 0.6 is 11.3 Å². The highest BCUT2D eigenvalue weighted by atomic mass is 32.1. The van der Waals surface area contributed by atoms with Gasteiger partial charge in [0.05, 0.1) is 16.0 Å². The molecular weight excluding hydrogens is 450 g/mol. The SMILES string of the molecule is Cc1cc(Nc2ncnc3sc(C(=O)N(C)C)cc23)c(=O)cc2c1C(=O)NC1(CCCCC1)C2. The third-order valence-electron chi connectivity index (χ3n) is 6.79. The molecule has 0 unspecified atom stereocenters. The van der Waals surface area contributed by atoms with Gasteiger partial charge in [-0.2, -0.15) is 0 Å². The molecule has 1 fully saturated rings. The van der Waals surface area contributed by atoms with Gasteiger partial charge in [-0.3, -0.25) is 14.4 Å². The van der Waals surface area contributed by atoms with Crippen molar-refractivity contribution in [2.75, 3.05) is 19.4 Å². The van der Waals surface area contributed by atoms with Crippen LogP contribution in [0, 0.1) is 6.92 Å². The van der Waals surface area contributed by atoms with E-state index in [1.54, 1.807) is 32.3 Å². The molecule has 176 valence electrons. The maximum atomic E-state index is 13.3. The van der Waals surface area contributed by atoms with Crippen LogP contribution < -0.4 is 16.1 Å². The Morgan fingerprint density at radius 2 is 1.88 bits per heavy atom. The van der Waals surface area contributed by atoms with E-state index in [9.17, 15) is 14.4 Å². The minimum atomic E-state index is -0.242. The Morgan fingerprint density at radius 1 is 1.12 bits per heavy atom. The summed E-state index contributed by atoms with van der Waals surface area (Å²) in [5.41, 5.74) is 2.03. The molecule has 0 atom stereocenters. The summed E-state index contributed by atoms with van der Waals surface area (Å²) in [5, 5.41) is 7.09. The van der Waals surface area contributed by atoms with E-state index in [0.717, 1.165) is 36.8 Å². The number of anilines is 2. The van der Waals surface area contributed by atoms with Crippen molar-refractivity contribution < 1.29 is 9.59 Å². The summed E-state index contributed by atoms with van der Waals surface area (Å²) in [4.78, 5) is 50.1. The summed E-state index contributed by atoms with van der Waals surface area (Å²) >= 11 is 1.28. The normalized spacial score (nSPS) is 16.7. The summed E-state index contributed by atoms with van der Waals surface area (Å²) in [6.07, 6.45) is 7.35. The number of nitrogens with one attached hydrogen (secondary N) is 2. The van der Waals surface area contributed by atoms with E-state index in [1.165, 1.54) is 29.0 Å². The smallest absolute Gasteiger partial charge is 0.263 e. The minimum Gasteiger partial charge on any atom is -0.346 e. The number of carbonyl (C=O) groups excluding carboxylic acids is 2. The fourth-order valence-electron chi connectivity index (χ4n) is 5.13. The number of fused-ring (bicyclic) bond motifs is 2. The number of nitrogens with zero attached hydrogens (tertiary/aromatic N) is 3. The first kappa shape index (κ1) is 22.5. The van der Waals surface area contributed by atoms with Gasteiger partial charge >= 0.3 is 0 Å². The van der Waals surface area contributed by atoms with Gasteiger partial charge in [-0.15, -0.1) is 11.3 Å². The van der Waals surface area contributed by atoms with Crippen LogP contribution in [0.3, 0.4) is 0 Å². The predicted molar refractivity (Wildman–Crippen MR) is 133 cm³/mol. The van der Waals surface area contributed by atoms with Crippen LogP contribution in [-0.4, -0.2) is 46.3 Å². The van der Waals surface area contributed by atoms with E-state index in [-0.39, 0.29) is 22.8 Å². The lowest BCUT2D eigenvalue weighted by atomic mass is 9.74. The molecule has 1 aromatic carbocycles. The Kier molecular flexibility index (Phi) is 5.59. The van der Waals surface area contributed by atoms with Crippen LogP contribution in [0.2, 0.25) is 0 Å². The molecule has 1 saturated carbocycles. The van der Waals surface area contributed by atoms with Gasteiger partial charge in [0.15, 0.2) is 0 Å². The molecule has 8 nitrogen and oxygen atoms in total. The lowest BCUT2D eigenvalue weighted by molar-refractivity contribution is 0.0828. The van der Waals surface area contributed by atoms with Crippen molar-refractivity contribution >= 4 is 44.9 Å². The number of thiophene rings is 1. The average Bonchev–Trinajstić information content (AvgIpc) is 3.18. The van der Waals surface area contributed by atoms with Crippen LogP contribution in [0.4, 0.5) is 11.5 Å². The molecule has 2 aromatic heterocycles. The number of carbonyl (C=O) groups is 2. The fraction of sp³-hybridized carbons (Fsp3) is 0.400. The van der Waals surface area contributed by atoms with E-state index in [2.05, 4.69) is 20.6 Å². The van der Waals surface area contributed by atoms with Crippen LogP contribution in [0.25, 0.3) is 10.2 Å². The monoisotopic (exact) mass is 477 g/mol. The van der Waals surface area contributed by atoms with E-state index in [0.29, 0.717) is 38.6 Å². The molecule has 2 aliphatic rings. The molecule has 0 saturated heterocycles. The highest BCUT2D eigenvalue weighted by molar-refractivity contribution is 7.20. The van der Waals surface area contributed by atoms with Gasteiger partial charge in [-0.25, -0.2) is 9.97 Å². The van der Waals surface area contributed by atoms with E-state index in [1.807, 2.05) is 6.92 Å². The van der Waals surface area contributed by atoms with Gasteiger partial charge < -0.3 is 15.5 Å². The third-order valence-corrected chi connectivity index (χ3v) is 7.82. The molecule has 0 radical (unpaired) electrons. The number of aromatic nitrogens is 2. The van der Waals surface area contributed by atoms with Crippen molar-refractivity contribution in [3.05, 3.63) is 56.3 Å². The first-order valence-corrected chi connectivity index (χ1v) is 12.3. The Morgan fingerprint density at radius 3 is 2.62 bits per heavy atom. The molecule has 2 amide bonds. The number of hydrogen-bond acceptors (Lipinski definition) is 7. The summed E-state index contributed by atoms with van der Waals surface area (Å²) in [5.74, 6) is 0.236. The van der Waals surface area contributed by atoms with Crippen molar-refractivity contribution in [2.24, 2.45) is 0 Å². The Labute approximate surface area is 201 Å². The van der Waals surface area contributed by atoms with Gasteiger partial charge in [-0.05, 0) is 55.5 Å². The standard InChI is InChI=1S/C25H27N5O3S/c1-14-9-17(28-21-16-11-19(24(33)30(2)3)34-23(16)27-13-26-21)18(31)10-15-12-25(7-5-4-6-8-25)29-22(32)20(14)15/h9-11,13H,4-8,12H2,1-3H3,(H,29,32)(H,26,27,28,31). The first-order chi connectivity index (χ1) is 16.3.